The third kappa shape index (κ3) is 2.84. The van der Waals surface area contributed by atoms with Crippen LogP contribution in [-0.2, 0) is 29.4 Å². The van der Waals surface area contributed by atoms with Crippen LogP contribution in [0.1, 0.15) is 23.1 Å². The Hall–Kier alpha value is -1.72. The number of pyridine rings is 1. The average molecular weight is 302 g/mol. The molecule has 0 bridgehead atoms. The summed E-state index contributed by atoms with van der Waals surface area (Å²) in [5.41, 5.74) is 3.33. The highest BCUT2D eigenvalue weighted by Crippen LogP contribution is 2.26. The number of nitrogens with zero attached hydrogens (tertiary/aromatic N) is 2. The van der Waals surface area contributed by atoms with E-state index in [0.29, 0.717) is 11.4 Å². The molecule has 21 heavy (non-hydrogen) atoms. The van der Waals surface area contributed by atoms with E-state index in [-0.39, 0.29) is 0 Å². The summed E-state index contributed by atoms with van der Waals surface area (Å²) in [6.45, 7) is 0.327. The number of aromatic nitrogens is 1. The quantitative estimate of drug-likeness (QED) is 0.871. The summed E-state index contributed by atoms with van der Waals surface area (Å²) in [4.78, 5) is 4.40. The second kappa shape index (κ2) is 5.58. The molecule has 1 aromatic carbocycles. The van der Waals surface area contributed by atoms with Crippen molar-refractivity contribution < 1.29 is 8.42 Å². The highest BCUT2D eigenvalue weighted by molar-refractivity contribution is 7.89. The molecule has 1 aliphatic carbocycles. The van der Waals surface area contributed by atoms with Crippen LogP contribution in [0.4, 0.5) is 0 Å². The highest BCUT2D eigenvalue weighted by atomic mass is 32.2. The van der Waals surface area contributed by atoms with Crippen LogP contribution in [0.15, 0.2) is 47.6 Å². The normalized spacial score (nSPS) is 14.4. The molecule has 0 radical (unpaired) electrons. The van der Waals surface area contributed by atoms with Gasteiger partial charge in [0.05, 0.1) is 4.90 Å². The van der Waals surface area contributed by atoms with Crippen LogP contribution < -0.4 is 0 Å². The third-order valence-electron chi connectivity index (χ3n) is 3.91. The second-order valence-corrected chi connectivity index (χ2v) is 7.45. The van der Waals surface area contributed by atoms with Crippen LogP contribution in [0.3, 0.4) is 0 Å². The van der Waals surface area contributed by atoms with Gasteiger partial charge >= 0.3 is 0 Å². The number of benzene rings is 1. The SMILES string of the molecule is CN(Cc1cccnc1)S(=O)(=O)c1ccc2c(c1)CCC2. The Balaban J connectivity index is 1.86. The molecule has 2 aromatic rings. The van der Waals surface area contributed by atoms with E-state index in [9.17, 15) is 8.42 Å². The van der Waals surface area contributed by atoms with Gasteiger partial charge in [-0.1, -0.05) is 12.1 Å². The summed E-state index contributed by atoms with van der Waals surface area (Å²) in [5, 5.41) is 0. The fraction of sp³-hybridized carbons (Fsp3) is 0.312. The maximum Gasteiger partial charge on any atom is 0.243 e. The van der Waals surface area contributed by atoms with Crippen molar-refractivity contribution in [3.8, 4) is 0 Å². The van der Waals surface area contributed by atoms with Crippen LogP contribution in [0.2, 0.25) is 0 Å². The van der Waals surface area contributed by atoms with E-state index < -0.39 is 10.0 Å². The molecule has 1 heterocycles. The standard InChI is InChI=1S/C16H18N2O2S/c1-18(12-13-4-3-9-17-11-13)21(19,20)16-8-7-14-5-2-6-15(14)10-16/h3-4,7-11H,2,5-6,12H2,1H3. The number of rotatable bonds is 4. The molecule has 4 nitrogen and oxygen atoms in total. The molecule has 0 fully saturated rings. The van der Waals surface area contributed by atoms with E-state index in [1.165, 1.54) is 15.4 Å². The Labute approximate surface area is 125 Å². The summed E-state index contributed by atoms with van der Waals surface area (Å²) in [5.74, 6) is 0. The Bertz CT molecular complexity index is 742. The second-order valence-electron chi connectivity index (χ2n) is 5.41. The van der Waals surface area contributed by atoms with Gasteiger partial charge in [-0.15, -0.1) is 0 Å². The van der Waals surface area contributed by atoms with Gasteiger partial charge in [-0.3, -0.25) is 4.98 Å². The first-order chi connectivity index (χ1) is 10.1. The monoisotopic (exact) mass is 302 g/mol. The smallest absolute Gasteiger partial charge is 0.243 e. The lowest BCUT2D eigenvalue weighted by Gasteiger charge is -2.17. The number of fused-ring (bicyclic) bond motifs is 1. The van der Waals surface area contributed by atoms with Gasteiger partial charge < -0.3 is 0 Å². The minimum absolute atomic E-state index is 0.327. The van der Waals surface area contributed by atoms with Gasteiger partial charge in [0.1, 0.15) is 0 Å². The number of aryl methyl sites for hydroxylation is 2. The molecular weight excluding hydrogens is 284 g/mol. The zero-order chi connectivity index (χ0) is 14.9. The molecular formula is C16H18N2O2S. The molecule has 5 heteroatoms. The zero-order valence-corrected chi connectivity index (χ0v) is 12.8. The molecule has 0 aliphatic heterocycles. The fourth-order valence-corrected chi connectivity index (χ4v) is 3.93. The first-order valence-electron chi connectivity index (χ1n) is 7.04. The van der Waals surface area contributed by atoms with Gasteiger partial charge in [0, 0.05) is 26.0 Å². The van der Waals surface area contributed by atoms with E-state index in [1.54, 1.807) is 25.5 Å². The van der Waals surface area contributed by atoms with Crippen LogP contribution in [0, 0.1) is 0 Å². The Kier molecular flexibility index (Phi) is 3.78. The lowest BCUT2D eigenvalue weighted by atomic mass is 10.1. The summed E-state index contributed by atoms with van der Waals surface area (Å²) in [6, 6.07) is 9.19. The zero-order valence-electron chi connectivity index (χ0n) is 12.0. The molecule has 1 aromatic heterocycles. The molecule has 0 saturated heterocycles. The molecule has 3 rings (SSSR count). The van der Waals surface area contributed by atoms with E-state index in [4.69, 9.17) is 0 Å². The van der Waals surface area contributed by atoms with Crippen molar-refractivity contribution in [3.05, 3.63) is 59.4 Å². The van der Waals surface area contributed by atoms with E-state index in [2.05, 4.69) is 4.98 Å². The van der Waals surface area contributed by atoms with E-state index in [1.807, 2.05) is 24.3 Å². The predicted octanol–water partition coefficient (Wildman–Crippen LogP) is 2.39. The molecule has 0 saturated carbocycles. The summed E-state index contributed by atoms with van der Waals surface area (Å²) < 4.78 is 26.7. The average Bonchev–Trinajstić information content (AvgIpc) is 2.95. The van der Waals surface area contributed by atoms with Crippen molar-refractivity contribution >= 4 is 10.0 Å². The maximum absolute atomic E-state index is 12.6. The first-order valence-corrected chi connectivity index (χ1v) is 8.48. The molecule has 110 valence electrons. The molecule has 0 atom stereocenters. The number of sulfonamides is 1. The van der Waals surface area contributed by atoms with Crippen LogP contribution in [0.5, 0.6) is 0 Å². The fourth-order valence-electron chi connectivity index (χ4n) is 2.72. The Morgan fingerprint density at radius 2 is 2.00 bits per heavy atom. The van der Waals surface area contributed by atoms with Crippen LogP contribution in [0.25, 0.3) is 0 Å². The lowest BCUT2D eigenvalue weighted by molar-refractivity contribution is 0.466. The van der Waals surface area contributed by atoms with Gasteiger partial charge in [-0.05, 0) is 54.2 Å². The van der Waals surface area contributed by atoms with Gasteiger partial charge in [-0.2, -0.15) is 4.31 Å². The Morgan fingerprint density at radius 3 is 2.76 bits per heavy atom. The molecule has 1 aliphatic rings. The van der Waals surface area contributed by atoms with Crippen molar-refractivity contribution in [2.24, 2.45) is 0 Å². The maximum atomic E-state index is 12.6. The van der Waals surface area contributed by atoms with Crippen molar-refractivity contribution in [2.75, 3.05) is 7.05 Å². The summed E-state index contributed by atoms with van der Waals surface area (Å²) in [6.07, 6.45) is 6.52. The Morgan fingerprint density at radius 1 is 1.19 bits per heavy atom. The van der Waals surface area contributed by atoms with Gasteiger partial charge in [0.15, 0.2) is 0 Å². The predicted molar refractivity (Wildman–Crippen MR) is 81.4 cm³/mol. The topological polar surface area (TPSA) is 50.3 Å². The summed E-state index contributed by atoms with van der Waals surface area (Å²) in [7, 11) is -1.85. The molecule has 0 spiro atoms. The van der Waals surface area contributed by atoms with Crippen molar-refractivity contribution in [1.29, 1.82) is 0 Å². The van der Waals surface area contributed by atoms with Gasteiger partial charge in [0.2, 0.25) is 10.0 Å². The molecule has 0 unspecified atom stereocenters. The largest absolute Gasteiger partial charge is 0.264 e. The molecule has 0 amide bonds. The summed E-state index contributed by atoms with van der Waals surface area (Å²) >= 11 is 0. The van der Waals surface area contributed by atoms with Crippen LogP contribution in [-0.4, -0.2) is 24.8 Å². The number of hydrogen-bond donors (Lipinski definition) is 0. The third-order valence-corrected chi connectivity index (χ3v) is 5.71. The van der Waals surface area contributed by atoms with Crippen molar-refractivity contribution in [3.63, 3.8) is 0 Å². The number of hydrogen-bond acceptors (Lipinski definition) is 3. The molecule has 0 N–H and O–H groups in total. The lowest BCUT2D eigenvalue weighted by Crippen LogP contribution is -2.26. The van der Waals surface area contributed by atoms with Crippen LogP contribution >= 0.6 is 0 Å². The van der Waals surface area contributed by atoms with Gasteiger partial charge in [-0.25, -0.2) is 8.42 Å². The highest BCUT2D eigenvalue weighted by Gasteiger charge is 2.23. The first kappa shape index (κ1) is 14.2. The van der Waals surface area contributed by atoms with E-state index in [0.717, 1.165) is 24.8 Å². The van der Waals surface area contributed by atoms with Gasteiger partial charge in [0.25, 0.3) is 0 Å². The van der Waals surface area contributed by atoms with Crippen molar-refractivity contribution in [2.45, 2.75) is 30.7 Å². The van der Waals surface area contributed by atoms with E-state index >= 15 is 0 Å². The minimum atomic E-state index is -3.45. The van der Waals surface area contributed by atoms with Crippen molar-refractivity contribution in [1.82, 2.24) is 9.29 Å². The minimum Gasteiger partial charge on any atom is -0.264 e.